The van der Waals surface area contributed by atoms with Gasteiger partial charge in [-0.2, -0.15) is 0 Å². The maximum absolute atomic E-state index is 12.0. The number of aromatic nitrogens is 2. The van der Waals surface area contributed by atoms with Crippen molar-refractivity contribution in [3.63, 3.8) is 0 Å². The van der Waals surface area contributed by atoms with E-state index >= 15 is 0 Å². The second kappa shape index (κ2) is 7.18. The lowest BCUT2D eigenvalue weighted by Crippen LogP contribution is -2.26. The lowest BCUT2D eigenvalue weighted by atomic mass is 10.3. The number of pyridine rings is 1. The molecule has 0 aliphatic heterocycles. The number of rotatable bonds is 5. The topological polar surface area (TPSA) is 85.1 Å². The first-order valence-corrected chi connectivity index (χ1v) is 8.24. The Bertz CT molecular complexity index is 903. The van der Waals surface area contributed by atoms with Crippen LogP contribution in [-0.4, -0.2) is 22.4 Å². The summed E-state index contributed by atoms with van der Waals surface area (Å²) in [6.07, 6.45) is 4.06. The molecule has 122 valence electrons. The summed E-state index contributed by atoms with van der Waals surface area (Å²) in [5.74, 6) is 0.0327. The van der Waals surface area contributed by atoms with E-state index in [2.05, 4.69) is 15.3 Å². The van der Waals surface area contributed by atoms with Crippen LogP contribution in [0.2, 0.25) is 0 Å². The van der Waals surface area contributed by atoms with Gasteiger partial charge in [0.2, 0.25) is 0 Å². The Morgan fingerprint density at radius 2 is 2.08 bits per heavy atom. The molecule has 0 bridgehead atoms. The van der Waals surface area contributed by atoms with Gasteiger partial charge in [0.05, 0.1) is 5.69 Å². The minimum atomic E-state index is -0.402. The molecule has 3 aromatic heterocycles. The molecule has 0 saturated heterocycles. The molecule has 0 aliphatic rings. The number of hydrogen-bond donors (Lipinski definition) is 1. The standard InChI is InChI=1S/C17H15N3O3S/c1-11-8-14(21)9-15(23-11)16(22)19-7-4-13-10-24-17(20-13)12-2-5-18-6-3-12/h2-3,5-6,8-10H,4,7H2,1H3,(H,19,22). The van der Waals surface area contributed by atoms with Crippen LogP contribution in [0.4, 0.5) is 0 Å². The number of hydrogen-bond acceptors (Lipinski definition) is 6. The number of aryl methyl sites for hydroxylation is 1. The van der Waals surface area contributed by atoms with Crippen LogP contribution in [0.5, 0.6) is 0 Å². The molecule has 0 spiro atoms. The molecule has 0 unspecified atom stereocenters. The van der Waals surface area contributed by atoms with Crippen LogP contribution < -0.4 is 10.7 Å². The smallest absolute Gasteiger partial charge is 0.287 e. The summed E-state index contributed by atoms with van der Waals surface area (Å²) in [7, 11) is 0. The van der Waals surface area contributed by atoms with Crippen molar-refractivity contribution in [3.8, 4) is 10.6 Å². The predicted molar refractivity (Wildman–Crippen MR) is 91.1 cm³/mol. The fourth-order valence-corrected chi connectivity index (χ4v) is 3.02. The van der Waals surface area contributed by atoms with E-state index in [0.29, 0.717) is 18.7 Å². The Hall–Kier alpha value is -2.80. The Labute approximate surface area is 142 Å². The van der Waals surface area contributed by atoms with Gasteiger partial charge in [0.25, 0.3) is 5.91 Å². The zero-order valence-electron chi connectivity index (χ0n) is 13.0. The van der Waals surface area contributed by atoms with Gasteiger partial charge in [0.1, 0.15) is 10.8 Å². The Morgan fingerprint density at radius 3 is 2.83 bits per heavy atom. The van der Waals surface area contributed by atoms with Crippen molar-refractivity contribution in [2.24, 2.45) is 0 Å². The molecule has 0 saturated carbocycles. The number of nitrogens with zero attached hydrogens (tertiary/aromatic N) is 2. The quantitative estimate of drug-likeness (QED) is 0.770. The van der Waals surface area contributed by atoms with Crippen LogP contribution in [0.3, 0.4) is 0 Å². The number of amides is 1. The van der Waals surface area contributed by atoms with E-state index in [1.807, 2.05) is 17.5 Å². The summed E-state index contributed by atoms with van der Waals surface area (Å²) in [5, 5.41) is 5.62. The summed E-state index contributed by atoms with van der Waals surface area (Å²) < 4.78 is 5.25. The van der Waals surface area contributed by atoms with Crippen molar-refractivity contribution in [3.05, 3.63) is 69.5 Å². The van der Waals surface area contributed by atoms with Crippen LogP contribution in [-0.2, 0) is 6.42 Å². The summed E-state index contributed by atoms with van der Waals surface area (Å²) in [4.78, 5) is 31.9. The molecular weight excluding hydrogens is 326 g/mol. The second-order valence-corrected chi connectivity index (χ2v) is 6.01. The van der Waals surface area contributed by atoms with Crippen molar-refractivity contribution in [2.45, 2.75) is 13.3 Å². The molecule has 1 amide bonds. The third kappa shape index (κ3) is 3.94. The first-order chi connectivity index (χ1) is 11.6. The zero-order valence-corrected chi connectivity index (χ0v) is 13.8. The molecule has 6 nitrogen and oxygen atoms in total. The van der Waals surface area contributed by atoms with Crippen molar-refractivity contribution in [1.82, 2.24) is 15.3 Å². The molecule has 0 aromatic carbocycles. The lowest BCUT2D eigenvalue weighted by Gasteiger charge is -2.03. The van der Waals surface area contributed by atoms with E-state index in [4.69, 9.17) is 4.42 Å². The van der Waals surface area contributed by atoms with Gasteiger partial charge in [-0.15, -0.1) is 11.3 Å². The van der Waals surface area contributed by atoms with Gasteiger partial charge in [-0.25, -0.2) is 4.98 Å². The summed E-state index contributed by atoms with van der Waals surface area (Å²) in [6, 6.07) is 6.34. The van der Waals surface area contributed by atoms with Crippen molar-refractivity contribution >= 4 is 17.2 Å². The SMILES string of the molecule is Cc1cc(=O)cc(C(=O)NCCc2csc(-c3ccncc3)n2)o1. The molecule has 0 atom stereocenters. The molecule has 0 radical (unpaired) electrons. The Kier molecular flexibility index (Phi) is 4.81. The van der Waals surface area contributed by atoms with E-state index in [9.17, 15) is 9.59 Å². The number of carbonyl (C=O) groups is 1. The molecule has 0 fully saturated rings. The third-order valence-corrected chi connectivity index (χ3v) is 4.20. The van der Waals surface area contributed by atoms with E-state index < -0.39 is 5.91 Å². The minimum Gasteiger partial charge on any atom is -0.456 e. The maximum Gasteiger partial charge on any atom is 0.287 e. The van der Waals surface area contributed by atoms with Crippen LogP contribution in [0.1, 0.15) is 22.0 Å². The molecule has 3 heterocycles. The Balaban J connectivity index is 1.58. The normalized spacial score (nSPS) is 10.5. The van der Waals surface area contributed by atoms with Crippen LogP contribution in [0.25, 0.3) is 10.6 Å². The molecule has 0 aliphatic carbocycles. The van der Waals surface area contributed by atoms with E-state index in [-0.39, 0.29) is 11.2 Å². The monoisotopic (exact) mass is 341 g/mol. The van der Waals surface area contributed by atoms with Crippen LogP contribution in [0.15, 0.2) is 51.3 Å². The highest BCUT2D eigenvalue weighted by Crippen LogP contribution is 2.22. The third-order valence-electron chi connectivity index (χ3n) is 3.26. The Morgan fingerprint density at radius 1 is 1.29 bits per heavy atom. The van der Waals surface area contributed by atoms with Gasteiger partial charge in [-0.3, -0.25) is 14.6 Å². The highest BCUT2D eigenvalue weighted by molar-refractivity contribution is 7.13. The van der Waals surface area contributed by atoms with Gasteiger partial charge in [0, 0.05) is 48.4 Å². The number of nitrogens with one attached hydrogen (secondary N) is 1. The first kappa shape index (κ1) is 16.1. The molecule has 7 heteroatoms. The van der Waals surface area contributed by atoms with E-state index in [0.717, 1.165) is 16.3 Å². The summed E-state index contributed by atoms with van der Waals surface area (Å²) in [6.45, 7) is 2.05. The average molecular weight is 341 g/mol. The minimum absolute atomic E-state index is 0.0238. The zero-order chi connectivity index (χ0) is 16.9. The lowest BCUT2D eigenvalue weighted by molar-refractivity contribution is 0.0922. The highest BCUT2D eigenvalue weighted by Gasteiger charge is 2.10. The van der Waals surface area contributed by atoms with Gasteiger partial charge in [-0.05, 0) is 19.1 Å². The van der Waals surface area contributed by atoms with Crippen molar-refractivity contribution in [2.75, 3.05) is 6.54 Å². The molecular formula is C17H15N3O3S. The van der Waals surface area contributed by atoms with Gasteiger partial charge < -0.3 is 9.73 Å². The highest BCUT2D eigenvalue weighted by atomic mass is 32.1. The number of carbonyl (C=O) groups excluding carboxylic acids is 1. The van der Waals surface area contributed by atoms with E-state index in [1.54, 1.807) is 30.7 Å². The fourth-order valence-electron chi connectivity index (χ4n) is 2.16. The number of thiazole rings is 1. The summed E-state index contributed by atoms with van der Waals surface area (Å²) >= 11 is 1.55. The molecule has 3 aromatic rings. The van der Waals surface area contributed by atoms with Crippen LogP contribution in [0, 0.1) is 6.92 Å². The largest absolute Gasteiger partial charge is 0.456 e. The summed E-state index contributed by atoms with van der Waals surface area (Å²) in [5.41, 5.74) is 1.68. The predicted octanol–water partition coefficient (Wildman–Crippen LogP) is 2.44. The molecule has 3 rings (SSSR count). The molecule has 24 heavy (non-hydrogen) atoms. The van der Waals surface area contributed by atoms with Gasteiger partial charge in [0.15, 0.2) is 11.2 Å². The van der Waals surface area contributed by atoms with Gasteiger partial charge >= 0.3 is 0 Å². The molecule has 1 N–H and O–H groups in total. The van der Waals surface area contributed by atoms with Crippen molar-refractivity contribution < 1.29 is 9.21 Å². The van der Waals surface area contributed by atoms with Gasteiger partial charge in [-0.1, -0.05) is 0 Å². The first-order valence-electron chi connectivity index (χ1n) is 7.36. The fraction of sp³-hybridized carbons (Fsp3) is 0.176. The second-order valence-electron chi connectivity index (χ2n) is 5.15. The van der Waals surface area contributed by atoms with Crippen molar-refractivity contribution in [1.29, 1.82) is 0 Å². The average Bonchev–Trinajstić information content (AvgIpc) is 3.03. The van der Waals surface area contributed by atoms with E-state index in [1.165, 1.54) is 12.1 Å². The maximum atomic E-state index is 12.0. The van der Waals surface area contributed by atoms with Crippen LogP contribution >= 0.6 is 11.3 Å².